The lowest BCUT2D eigenvalue weighted by Gasteiger charge is -2.34. The molecule has 0 saturated carbocycles. The summed E-state index contributed by atoms with van der Waals surface area (Å²) < 4.78 is 10.8. The van der Waals surface area contributed by atoms with Crippen LogP contribution in [-0.4, -0.2) is 60.4 Å². The summed E-state index contributed by atoms with van der Waals surface area (Å²) in [5.74, 6) is -0.750. The maximum absolute atomic E-state index is 12.1. The highest BCUT2D eigenvalue weighted by molar-refractivity contribution is 5.77. The summed E-state index contributed by atoms with van der Waals surface area (Å²) >= 11 is 0. The summed E-state index contributed by atoms with van der Waals surface area (Å²) in [6, 6.07) is 0. The minimum absolute atomic E-state index is 0.0289. The highest BCUT2D eigenvalue weighted by Gasteiger charge is 2.28. The number of carbonyl (C=O) groups excluding carboxylic acids is 1. The number of hydrogen-bond donors (Lipinski definition) is 1. The smallest absolute Gasteiger partial charge is 0.305 e. The first-order valence-corrected chi connectivity index (χ1v) is 7.00. The summed E-state index contributed by atoms with van der Waals surface area (Å²) in [7, 11) is 1.61. The van der Waals surface area contributed by atoms with Crippen LogP contribution in [0.5, 0.6) is 0 Å². The molecule has 0 spiro atoms. The first-order valence-electron chi connectivity index (χ1n) is 7.00. The molecule has 0 unspecified atom stereocenters. The predicted molar refractivity (Wildman–Crippen MR) is 73.5 cm³/mol. The van der Waals surface area contributed by atoms with Crippen molar-refractivity contribution in [2.24, 2.45) is 0 Å². The number of carboxylic acids is 1. The van der Waals surface area contributed by atoms with Gasteiger partial charge in [-0.25, -0.2) is 0 Å². The summed E-state index contributed by atoms with van der Waals surface area (Å²) in [6.45, 7) is 5.36. The third-order valence-corrected chi connectivity index (χ3v) is 3.59. The molecule has 1 N–H and O–H groups in total. The molecule has 0 bridgehead atoms. The average Bonchev–Trinajstić information content (AvgIpc) is 2.38. The Morgan fingerprint density at radius 1 is 1.30 bits per heavy atom. The predicted octanol–water partition coefficient (Wildman–Crippen LogP) is 1.28. The van der Waals surface area contributed by atoms with Crippen LogP contribution in [0.25, 0.3) is 0 Å². The quantitative estimate of drug-likeness (QED) is 0.763. The van der Waals surface area contributed by atoms with E-state index >= 15 is 0 Å². The van der Waals surface area contributed by atoms with Crippen LogP contribution in [0.3, 0.4) is 0 Å². The van der Waals surface area contributed by atoms with Gasteiger partial charge in [0.1, 0.15) is 0 Å². The number of carbonyl (C=O) groups is 2. The number of nitrogens with zero attached hydrogens (tertiary/aromatic N) is 1. The molecule has 1 aliphatic rings. The van der Waals surface area contributed by atoms with Gasteiger partial charge in [-0.1, -0.05) is 0 Å². The largest absolute Gasteiger partial charge is 0.481 e. The van der Waals surface area contributed by atoms with Gasteiger partial charge in [-0.05, 0) is 26.7 Å². The van der Waals surface area contributed by atoms with E-state index in [9.17, 15) is 9.59 Å². The average molecular weight is 287 g/mol. The number of methoxy groups -OCH3 is 1. The van der Waals surface area contributed by atoms with Gasteiger partial charge >= 0.3 is 5.97 Å². The number of likely N-dealkylation sites (tertiary alicyclic amines) is 1. The molecule has 6 nitrogen and oxygen atoms in total. The Labute approximate surface area is 120 Å². The van der Waals surface area contributed by atoms with Crippen LogP contribution in [-0.2, 0) is 19.1 Å². The number of piperidine rings is 1. The Bertz CT molecular complexity index is 334. The molecule has 0 atom stereocenters. The maximum atomic E-state index is 12.1. The highest BCUT2D eigenvalue weighted by atomic mass is 16.5. The summed E-state index contributed by atoms with van der Waals surface area (Å²) in [5, 5.41) is 8.54. The fourth-order valence-electron chi connectivity index (χ4n) is 2.13. The third kappa shape index (κ3) is 5.88. The minimum atomic E-state index is -0.848. The van der Waals surface area contributed by atoms with Crippen LogP contribution in [0.2, 0.25) is 0 Å². The topological polar surface area (TPSA) is 76.1 Å². The standard InChI is InChI=1S/C14H25NO5/c1-14(2,19-3)10-12(16)15-7-4-11(5-8-15)20-9-6-13(17)18/h11H,4-10H2,1-3H3,(H,17,18). The zero-order valence-electron chi connectivity index (χ0n) is 12.6. The number of hydrogen-bond acceptors (Lipinski definition) is 4. The van der Waals surface area contributed by atoms with E-state index in [4.69, 9.17) is 14.6 Å². The number of amides is 1. The lowest BCUT2D eigenvalue weighted by Crippen LogP contribution is -2.43. The second kappa shape index (κ2) is 7.59. The minimum Gasteiger partial charge on any atom is -0.481 e. The zero-order chi connectivity index (χ0) is 15.2. The lowest BCUT2D eigenvalue weighted by atomic mass is 10.0. The molecule has 0 aromatic carbocycles. The van der Waals surface area contributed by atoms with Crippen molar-refractivity contribution < 1.29 is 24.2 Å². The SMILES string of the molecule is COC(C)(C)CC(=O)N1CCC(OCCC(=O)O)CC1. The van der Waals surface area contributed by atoms with E-state index in [0.29, 0.717) is 19.5 Å². The Balaban J connectivity index is 2.27. The summed E-state index contributed by atoms with van der Waals surface area (Å²) in [4.78, 5) is 24.3. The Morgan fingerprint density at radius 3 is 2.40 bits per heavy atom. The summed E-state index contributed by atoms with van der Waals surface area (Å²) in [6.07, 6.45) is 1.99. The molecule has 1 fully saturated rings. The van der Waals surface area contributed by atoms with Crippen molar-refractivity contribution in [2.45, 2.75) is 51.2 Å². The van der Waals surface area contributed by atoms with Gasteiger partial charge in [-0.3, -0.25) is 9.59 Å². The molecule has 0 aromatic rings. The normalized spacial score (nSPS) is 17.2. The fourth-order valence-corrected chi connectivity index (χ4v) is 2.13. The molecule has 1 aliphatic heterocycles. The van der Waals surface area contributed by atoms with Crippen molar-refractivity contribution in [2.75, 3.05) is 26.8 Å². The fraction of sp³-hybridized carbons (Fsp3) is 0.857. The van der Waals surface area contributed by atoms with Gasteiger partial charge in [0.25, 0.3) is 0 Å². The highest BCUT2D eigenvalue weighted by Crippen LogP contribution is 2.19. The van der Waals surface area contributed by atoms with Gasteiger partial charge in [-0.2, -0.15) is 0 Å². The molecule has 116 valence electrons. The van der Waals surface area contributed by atoms with Crippen molar-refractivity contribution in [3.05, 3.63) is 0 Å². The van der Waals surface area contributed by atoms with Gasteiger partial charge in [-0.15, -0.1) is 0 Å². The summed E-state index contributed by atoms with van der Waals surface area (Å²) in [5.41, 5.74) is -0.439. The first kappa shape index (κ1) is 16.9. The van der Waals surface area contributed by atoms with Crippen molar-refractivity contribution in [1.82, 2.24) is 4.90 Å². The van der Waals surface area contributed by atoms with Gasteiger partial charge < -0.3 is 19.5 Å². The van der Waals surface area contributed by atoms with Crippen LogP contribution in [0.4, 0.5) is 0 Å². The van der Waals surface area contributed by atoms with E-state index in [0.717, 1.165) is 12.8 Å². The zero-order valence-corrected chi connectivity index (χ0v) is 12.6. The van der Waals surface area contributed by atoms with E-state index in [1.54, 1.807) is 7.11 Å². The first-order chi connectivity index (χ1) is 9.34. The van der Waals surface area contributed by atoms with E-state index in [-0.39, 0.29) is 25.0 Å². The second-order valence-corrected chi connectivity index (χ2v) is 5.74. The third-order valence-electron chi connectivity index (χ3n) is 3.59. The van der Waals surface area contributed by atoms with Crippen LogP contribution in [0.1, 0.15) is 39.5 Å². The van der Waals surface area contributed by atoms with Crippen molar-refractivity contribution in [3.8, 4) is 0 Å². The molecule has 1 amide bonds. The van der Waals surface area contributed by atoms with E-state index in [1.807, 2.05) is 18.7 Å². The van der Waals surface area contributed by atoms with Gasteiger partial charge in [0.05, 0.1) is 31.2 Å². The Hall–Kier alpha value is -1.14. The van der Waals surface area contributed by atoms with E-state index < -0.39 is 11.6 Å². The number of carboxylic acid groups (broad SMARTS) is 1. The monoisotopic (exact) mass is 287 g/mol. The van der Waals surface area contributed by atoms with Crippen molar-refractivity contribution in [1.29, 1.82) is 0 Å². The van der Waals surface area contributed by atoms with Gasteiger partial charge in [0, 0.05) is 20.2 Å². The van der Waals surface area contributed by atoms with E-state index in [2.05, 4.69) is 0 Å². The molecule has 1 rings (SSSR count). The maximum Gasteiger partial charge on any atom is 0.305 e. The second-order valence-electron chi connectivity index (χ2n) is 5.74. The molecular formula is C14H25NO5. The van der Waals surface area contributed by atoms with Gasteiger partial charge in [0.15, 0.2) is 0 Å². The molecule has 1 heterocycles. The van der Waals surface area contributed by atoms with Crippen molar-refractivity contribution >= 4 is 11.9 Å². The van der Waals surface area contributed by atoms with Crippen molar-refractivity contribution in [3.63, 3.8) is 0 Å². The molecule has 0 aromatic heterocycles. The Morgan fingerprint density at radius 2 is 1.90 bits per heavy atom. The lowest BCUT2D eigenvalue weighted by molar-refractivity contribution is -0.140. The molecule has 0 radical (unpaired) electrons. The van der Waals surface area contributed by atoms with Gasteiger partial charge in [0.2, 0.25) is 5.91 Å². The van der Waals surface area contributed by atoms with Crippen LogP contribution in [0.15, 0.2) is 0 Å². The van der Waals surface area contributed by atoms with Crippen LogP contribution < -0.4 is 0 Å². The van der Waals surface area contributed by atoms with Crippen LogP contribution in [0, 0.1) is 0 Å². The molecule has 0 aliphatic carbocycles. The molecule has 1 saturated heterocycles. The number of aliphatic carboxylic acids is 1. The number of rotatable bonds is 7. The number of ether oxygens (including phenoxy) is 2. The molecule has 20 heavy (non-hydrogen) atoms. The molecule has 6 heteroatoms. The van der Waals surface area contributed by atoms with E-state index in [1.165, 1.54) is 0 Å². The van der Waals surface area contributed by atoms with Crippen LogP contribution >= 0.6 is 0 Å². The molecular weight excluding hydrogens is 262 g/mol. The Kier molecular flexibility index (Phi) is 6.42.